The summed E-state index contributed by atoms with van der Waals surface area (Å²) in [5, 5.41) is 24.2. The molecule has 0 radical (unpaired) electrons. The largest absolute Gasteiger partial charge is 0.226 e. The third kappa shape index (κ3) is 3.59. The van der Waals surface area contributed by atoms with Crippen LogP contribution in [0.15, 0.2) is 27.9 Å². The average molecular weight is 371 g/mol. The van der Waals surface area contributed by atoms with E-state index in [0.29, 0.717) is 18.6 Å². The highest BCUT2D eigenvalue weighted by atomic mass is 32.2. The molecule has 0 amide bonds. The van der Waals surface area contributed by atoms with E-state index in [2.05, 4.69) is 38.9 Å². The van der Waals surface area contributed by atoms with Crippen LogP contribution in [-0.2, 0) is 0 Å². The Morgan fingerprint density at radius 2 is 2.17 bits per heavy atom. The molecule has 1 atom stereocenters. The van der Waals surface area contributed by atoms with Crippen molar-refractivity contribution in [1.29, 1.82) is 10.5 Å². The van der Waals surface area contributed by atoms with Gasteiger partial charge in [0.1, 0.15) is 15.7 Å². The zero-order chi connectivity index (χ0) is 16.9. The van der Waals surface area contributed by atoms with Crippen LogP contribution in [0.5, 0.6) is 0 Å². The Morgan fingerprint density at radius 1 is 1.29 bits per heavy atom. The minimum Gasteiger partial charge on any atom is -0.226 e. The molecular formula is C17H14N4S3. The van der Waals surface area contributed by atoms with Crippen LogP contribution in [0.4, 0.5) is 0 Å². The maximum Gasteiger partial charge on any atom is 0.128 e. The summed E-state index contributed by atoms with van der Waals surface area (Å²) in [6, 6.07) is 8.55. The van der Waals surface area contributed by atoms with E-state index >= 15 is 0 Å². The SMILES string of the molecule is Cc1nc(SC[C@H](C#N)CCC#N)c2c(-c3cccs3)csc2n1. The molecule has 24 heavy (non-hydrogen) atoms. The molecule has 4 nitrogen and oxygen atoms in total. The van der Waals surface area contributed by atoms with Gasteiger partial charge in [0.05, 0.1) is 23.4 Å². The molecule has 0 aliphatic heterocycles. The van der Waals surface area contributed by atoms with Gasteiger partial charge in [-0.05, 0) is 24.8 Å². The smallest absolute Gasteiger partial charge is 0.128 e. The fourth-order valence-electron chi connectivity index (χ4n) is 2.33. The molecule has 3 aromatic heterocycles. The van der Waals surface area contributed by atoms with Gasteiger partial charge < -0.3 is 0 Å². The Bertz CT molecular complexity index is 916. The number of aromatic nitrogens is 2. The molecule has 0 bridgehead atoms. The lowest BCUT2D eigenvalue weighted by atomic mass is 10.1. The molecule has 3 aromatic rings. The molecule has 3 heterocycles. The lowest BCUT2D eigenvalue weighted by molar-refractivity contribution is 0.685. The van der Waals surface area contributed by atoms with Crippen LogP contribution < -0.4 is 0 Å². The fourth-order valence-corrected chi connectivity index (χ4v) is 5.35. The number of hydrogen-bond donors (Lipinski definition) is 0. The van der Waals surface area contributed by atoms with Crippen molar-refractivity contribution in [3.05, 3.63) is 28.7 Å². The Hall–Kier alpha value is -1.93. The summed E-state index contributed by atoms with van der Waals surface area (Å²) in [6.45, 7) is 1.89. The summed E-state index contributed by atoms with van der Waals surface area (Å²) in [6.07, 6.45) is 1.02. The van der Waals surface area contributed by atoms with Crippen molar-refractivity contribution in [1.82, 2.24) is 9.97 Å². The predicted octanol–water partition coefficient (Wildman–Crippen LogP) is 5.26. The van der Waals surface area contributed by atoms with Crippen molar-refractivity contribution in [3.63, 3.8) is 0 Å². The third-order valence-electron chi connectivity index (χ3n) is 3.51. The van der Waals surface area contributed by atoms with Gasteiger partial charge in [0.15, 0.2) is 0 Å². The highest BCUT2D eigenvalue weighted by molar-refractivity contribution is 7.99. The average Bonchev–Trinajstić information content (AvgIpc) is 3.23. The second-order valence-electron chi connectivity index (χ2n) is 5.22. The van der Waals surface area contributed by atoms with Crippen LogP contribution >= 0.6 is 34.4 Å². The summed E-state index contributed by atoms with van der Waals surface area (Å²) in [5.41, 5.74) is 1.16. The number of nitrogens with zero attached hydrogens (tertiary/aromatic N) is 4. The van der Waals surface area contributed by atoms with Gasteiger partial charge in [0.2, 0.25) is 0 Å². The Labute approximate surface area is 152 Å². The first-order chi connectivity index (χ1) is 11.7. The van der Waals surface area contributed by atoms with E-state index in [-0.39, 0.29) is 5.92 Å². The topological polar surface area (TPSA) is 73.4 Å². The van der Waals surface area contributed by atoms with E-state index in [9.17, 15) is 5.26 Å². The molecule has 0 fully saturated rings. The first kappa shape index (κ1) is 16.9. The van der Waals surface area contributed by atoms with Gasteiger partial charge >= 0.3 is 0 Å². The zero-order valence-electron chi connectivity index (χ0n) is 13.0. The van der Waals surface area contributed by atoms with Crippen LogP contribution in [0.3, 0.4) is 0 Å². The van der Waals surface area contributed by atoms with Crippen molar-refractivity contribution >= 4 is 44.7 Å². The van der Waals surface area contributed by atoms with Crippen LogP contribution in [0.25, 0.3) is 20.7 Å². The highest BCUT2D eigenvalue weighted by Crippen LogP contribution is 2.40. The Balaban J connectivity index is 1.93. The predicted molar refractivity (Wildman–Crippen MR) is 100 cm³/mol. The van der Waals surface area contributed by atoms with Crippen molar-refractivity contribution in [3.8, 4) is 22.6 Å². The van der Waals surface area contributed by atoms with Gasteiger partial charge in [-0.25, -0.2) is 9.97 Å². The molecule has 120 valence electrons. The van der Waals surface area contributed by atoms with Gasteiger partial charge in [-0.2, -0.15) is 10.5 Å². The molecule has 0 unspecified atom stereocenters. The summed E-state index contributed by atoms with van der Waals surface area (Å²) in [7, 11) is 0. The first-order valence-corrected chi connectivity index (χ1v) is 10.2. The van der Waals surface area contributed by atoms with Crippen molar-refractivity contribution in [2.24, 2.45) is 5.92 Å². The maximum absolute atomic E-state index is 9.26. The number of thiophene rings is 2. The molecule has 0 spiro atoms. The third-order valence-corrected chi connectivity index (χ3v) is 6.42. The van der Waals surface area contributed by atoms with Gasteiger partial charge in [-0.1, -0.05) is 6.07 Å². The van der Waals surface area contributed by atoms with Crippen LogP contribution in [0, 0.1) is 35.5 Å². The molecular weight excluding hydrogens is 356 g/mol. The van der Waals surface area contributed by atoms with E-state index in [1.54, 1.807) is 34.4 Å². The second-order valence-corrected chi connectivity index (χ2v) is 8.03. The van der Waals surface area contributed by atoms with Crippen LogP contribution in [0.1, 0.15) is 18.7 Å². The standard InChI is InChI=1S/C17H14N4S3/c1-11-20-16(23-9-12(8-19)4-2-6-18)15-13(10-24-17(15)21-11)14-5-3-7-22-14/h3,5,7,10,12H,2,4,9H2,1H3/t12-/m0/s1. The first-order valence-electron chi connectivity index (χ1n) is 7.42. The molecule has 3 rings (SSSR count). The number of thioether (sulfide) groups is 1. The van der Waals surface area contributed by atoms with E-state index in [4.69, 9.17) is 5.26 Å². The molecule has 0 saturated carbocycles. The number of fused-ring (bicyclic) bond motifs is 1. The molecule has 0 N–H and O–H groups in total. The Kier molecular flexibility index (Phi) is 5.47. The normalized spacial score (nSPS) is 12.0. The number of hydrogen-bond acceptors (Lipinski definition) is 7. The second kappa shape index (κ2) is 7.76. The van der Waals surface area contributed by atoms with Gasteiger partial charge in [-0.15, -0.1) is 34.4 Å². The minimum atomic E-state index is -0.135. The quantitative estimate of drug-likeness (QED) is 0.437. The summed E-state index contributed by atoms with van der Waals surface area (Å²) >= 11 is 4.92. The molecule has 0 aliphatic rings. The zero-order valence-corrected chi connectivity index (χ0v) is 15.5. The van der Waals surface area contributed by atoms with Crippen LogP contribution in [-0.4, -0.2) is 15.7 Å². The summed E-state index contributed by atoms with van der Waals surface area (Å²) < 4.78 is 0. The molecule has 0 aromatic carbocycles. The van der Waals surface area contributed by atoms with E-state index in [1.807, 2.05) is 13.0 Å². The maximum atomic E-state index is 9.26. The van der Waals surface area contributed by atoms with E-state index < -0.39 is 0 Å². The Morgan fingerprint density at radius 3 is 2.88 bits per heavy atom. The monoisotopic (exact) mass is 370 g/mol. The van der Waals surface area contributed by atoms with Gasteiger partial charge in [0, 0.05) is 28.0 Å². The van der Waals surface area contributed by atoms with Crippen molar-refractivity contribution in [2.75, 3.05) is 5.75 Å². The molecule has 7 heteroatoms. The van der Waals surface area contributed by atoms with Crippen LogP contribution in [0.2, 0.25) is 0 Å². The number of nitriles is 2. The number of aryl methyl sites for hydroxylation is 1. The minimum absolute atomic E-state index is 0.135. The molecule has 0 saturated heterocycles. The highest BCUT2D eigenvalue weighted by Gasteiger charge is 2.17. The summed E-state index contributed by atoms with van der Waals surface area (Å²) in [5.74, 6) is 1.25. The van der Waals surface area contributed by atoms with Crippen molar-refractivity contribution < 1.29 is 0 Å². The summed E-state index contributed by atoms with van der Waals surface area (Å²) in [4.78, 5) is 11.4. The molecule has 0 aliphatic carbocycles. The lowest BCUT2D eigenvalue weighted by Gasteiger charge is -2.08. The number of rotatable bonds is 6. The fraction of sp³-hybridized carbons (Fsp3) is 0.294. The van der Waals surface area contributed by atoms with E-state index in [1.165, 1.54) is 4.88 Å². The van der Waals surface area contributed by atoms with E-state index in [0.717, 1.165) is 26.6 Å². The lowest BCUT2D eigenvalue weighted by Crippen LogP contribution is -2.01. The van der Waals surface area contributed by atoms with Gasteiger partial charge in [0.25, 0.3) is 0 Å². The van der Waals surface area contributed by atoms with Gasteiger partial charge in [-0.3, -0.25) is 0 Å². The van der Waals surface area contributed by atoms with Crippen molar-refractivity contribution in [2.45, 2.75) is 24.8 Å².